The zero-order chi connectivity index (χ0) is 29.1. The second-order valence-corrected chi connectivity index (χ2v) is 9.89. The number of nitrogens with one attached hydrogen (secondary N) is 1. The molecule has 2 aromatic rings. The van der Waals surface area contributed by atoms with Gasteiger partial charge in [-0.1, -0.05) is 6.07 Å². The van der Waals surface area contributed by atoms with E-state index in [1.807, 2.05) is 0 Å². The van der Waals surface area contributed by atoms with E-state index in [0.717, 1.165) is 10.5 Å². The largest absolute Gasteiger partial charge is 0.416 e. The van der Waals surface area contributed by atoms with Crippen LogP contribution in [0.3, 0.4) is 0 Å². The molecule has 1 aliphatic rings. The molecule has 1 heterocycles. The third kappa shape index (κ3) is 7.93. The van der Waals surface area contributed by atoms with Crippen LogP contribution in [0.4, 0.5) is 30.7 Å². The Morgan fingerprint density at radius 3 is 2.18 bits per heavy atom. The van der Waals surface area contributed by atoms with Gasteiger partial charge in [0.25, 0.3) is 0 Å². The van der Waals surface area contributed by atoms with Crippen LogP contribution in [0, 0.1) is 18.7 Å². The van der Waals surface area contributed by atoms with Crippen LogP contribution in [0.5, 0.6) is 0 Å². The highest BCUT2D eigenvalue weighted by Crippen LogP contribution is 2.38. The normalized spacial score (nSPS) is 18.6. The van der Waals surface area contributed by atoms with Gasteiger partial charge in [0.15, 0.2) is 0 Å². The minimum absolute atomic E-state index is 0.0509. The summed E-state index contributed by atoms with van der Waals surface area (Å²) in [5.41, 5.74) is -1.83. The minimum atomic E-state index is -4.99. The molecule has 1 N–H and O–H groups in total. The molecule has 2 atom stereocenters. The first kappa shape index (κ1) is 30.4. The van der Waals surface area contributed by atoms with Crippen LogP contribution in [0.15, 0.2) is 36.4 Å². The molecule has 1 saturated heterocycles. The predicted molar refractivity (Wildman–Crippen MR) is 130 cm³/mol. The lowest BCUT2D eigenvalue weighted by Crippen LogP contribution is -2.47. The number of carbonyl (C=O) groups is 2. The fraction of sp³-hybridized carbons (Fsp3) is 0.481. The van der Waals surface area contributed by atoms with Gasteiger partial charge in [-0.2, -0.15) is 26.3 Å². The average molecular weight is 562 g/mol. The third-order valence-corrected chi connectivity index (χ3v) is 6.89. The summed E-state index contributed by atoms with van der Waals surface area (Å²) in [6.07, 6.45) is -9.62. The van der Waals surface area contributed by atoms with Crippen LogP contribution < -0.4 is 5.32 Å². The van der Waals surface area contributed by atoms with Gasteiger partial charge >= 0.3 is 12.4 Å². The zero-order valence-electron chi connectivity index (χ0n) is 21.7. The van der Waals surface area contributed by atoms with E-state index < -0.39 is 53.6 Å². The number of aryl methyl sites for hydroxylation is 1. The smallest absolute Gasteiger partial charge is 0.355 e. The molecule has 1 aliphatic heterocycles. The van der Waals surface area contributed by atoms with Crippen molar-refractivity contribution in [2.75, 3.05) is 33.2 Å². The van der Waals surface area contributed by atoms with E-state index in [1.54, 1.807) is 13.0 Å². The first-order chi connectivity index (χ1) is 18.1. The minimum Gasteiger partial charge on any atom is -0.355 e. The van der Waals surface area contributed by atoms with Gasteiger partial charge in [0.1, 0.15) is 5.82 Å². The van der Waals surface area contributed by atoms with E-state index >= 15 is 0 Å². The second kappa shape index (κ2) is 11.9. The Hall–Kier alpha value is -3.15. The number of hydrogen-bond donors (Lipinski definition) is 1. The summed E-state index contributed by atoms with van der Waals surface area (Å²) in [6, 6.07) is 5.50. The maximum absolute atomic E-state index is 13.8. The molecule has 39 heavy (non-hydrogen) atoms. The Kier molecular flexibility index (Phi) is 9.30. The molecule has 3 rings (SSSR count). The van der Waals surface area contributed by atoms with Gasteiger partial charge in [0, 0.05) is 52.0 Å². The van der Waals surface area contributed by atoms with Crippen molar-refractivity contribution in [1.29, 1.82) is 0 Å². The van der Waals surface area contributed by atoms with E-state index in [1.165, 1.54) is 26.1 Å². The Balaban J connectivity index is 1.87. The Morgan fingerprint density at radius 2 is 1.64 bits per heavy atom. The molecular weight excluding hydrogens is 531 g/mol. The van der Waals surface area contributed by atoms with Gasteiger partial charge in [-0.15, -0.1) is 0 Å². The van der Waals surface area contributed by atoms with Gasteiger partial charge in [-0.05, 0) is 66.9 Å². The number of piperidine rings is 1. The Morgan fingerprint density at radius 1 is 1.03 bits per heavy atom. The van der Waals surface area contributed by atoms with Crippen molar-refractivity contribution in [2.24, 2.45) is 5.92 Å². The van der Waals surface area contributed by atoms with Crippen molar-refractivity contribution >= 4 is 11.8 Å². The molecule has 0 saturated carbocycles. The Bertz CT molecular complexity index is 1160. The van der Waals surface area contributed by atoms with Gasteiger partial charge in [-0.3, -0.25) is 9.59 Å². The summed E-state index contributed by atoms with van der Waals surface area (Å²) in [5, 5.41) is 2.71. The molecule has 0 radical (unpaired) electrons. The summed E-state index contributed by atoms with van der Waals surface area (Å²) < 4.78 is 93.6. The lowest BCUT2D eigenvalue weighted by atomic mass is 9.78. The number of rotatable bonds is 7. The van der Waals surface area contributed by atoms with Gasteiger partial charge in [0.2, 0.25) is 11.8 Å². The quantitative estimate of drug-likeness (QED) is 0.463. The SMILES string of the molecule is CC(=O)NCCN1CC[C@@H](C(=O)N(C)Cc2cc(C(F)(F)F)cc(C(F)(F)F)c2)[C@H](c2ccc(F)cc2C)C1. The standard InChI is InChI=1S/C27H30F7N3O2/c1-16-10-21(28)4-5-22(16)24-15-37(9-7-35-17(2)38)8-6-23(24)25(39)36(3)14-18-11-19(26(29,30)31)13-20(12-18)27(32,33)34/h4-5,10-13,23-24H,6-9,14-15H2,1-3H3,(H,35,38)/t23-,24+/m1/s1. The highest BCUT2D eigenvalue weighted by atomic mass is 19.4. The number of alkyl halides is 6. The molecule has 0 spiro atoms. The molecule has 0 aliphatic carbocycles. The van der Waals surface area contributed by atoms with Crippen molar-refractivity contribution in [3.8, 4) is 0 Å². The molecular formula is C27H30F7N3O2. The van der Waals surface area contributed by atoms with Crippen LogP contribution in [-0.2, 0) is 28.5 Å². The lowest BCUT2D eigenvalue weighted by Gasteiger charge is -2.40. The number of nitrogens with zero attached hydrogens (tertiary/aromatic N) is 2. The van der Waals surface area contributed by atoms with Crippen LogP contribution in [0.25, 0.3) is 0 Å². The summed E-state index contributed by atoms with van der Waals surface area (Å²) >= 11 is 0. The summed E-state index contributed by atoms with van der Waals surface area (Å²) in [7, 11) is 1.34. The van der Waals surface area contributed by atoms with Crippen LogP contribution in [0.2, 0.25) is 0 Å². The maximum atomic E-state index is 13.8. The number of amides is 2. The fourth-order valence-corrected chi connectivity index (χ4v) is 5.02. The molecule has 0 bridgehead atoms. The van der Waals surface area contributed by atoms with E-state index in [-0.39, 0.29) is 17.5 Å². The topological polar surface area (TPSA) is 52.7 Å². The molecule has 1 fully saturated rings. The van der Waals surface area contributed by atoms with Crippen LogP contribution in [-0.4, -0.2) is 54.8 Å². The molecule has 5 nitrogen and oxygen atoms in total. The summed E-state index contributed by atoms with van der Waals surface area (Å²) in [5.74, 6) is -2.10. The first-order valence-electron chi connectivity index (χ1n) is 12.3. The summed E-state index contributed by atoms with van der Waals surface area (Å²) in [4.78, 5) is 28.0. The van der Waals surface area contributed by atoms with Crippen LogP contribution in [0.1, 0.15) is 47.1 Å². The summed E-state index contributed by atoms with van der Waals surface area (Å²) in [6.45, 7) is 4.44. The number of carbonyl (C=O) groups excluding carboxylic acids is 2. The molecule has 0 unspecified atom stereocenters. The Labute approximate surface area is 222 Å². The van der Waals surface area contributed by atoms with E-state index in [0.29, 0.717) is 50.3 Å². The molecule has 214 valence electrons. The lowest BCUT2D eigenvalue weighted by molar-refractivity contribution is -0.143. The van der Waals surface area contributed by atoms with Crippen molar-refractivity contribution in [1.82, 2.24) is 15.1 Å². The molecule has 2 amide bonds. The molecule has 0 aromatic heterocycles. The first-order valence-corrected chi connectivity index (χ1v) is 12.3. The highest BCUT2D eigenvalue weighted by Gasteiger charge is 2.39. The number of hydrogen-bond acceptors (Lipinski definition) is 3. The predicted octanol–water partition coefficient (Wildman–Crippen LogP) is 5.37. The monoisotopic (exact) mass is 561 g/mol. The maximum Gasteiger partial charge on any atom is 0.416 e. The number of likely N-dealkylation sites (tertiary alicyclic amines) is 1. The fourth-order valence-electron chi connectivity index (χ4n) is 5.02. The van der Waals surface area contributed by atoms with Gasteiger partial charge in [-0.25, -0.2) is 4.39 Å². The van der Waals surface area contributed by atoms with Crippen molar-refractivity contribution < 1.29 is 40.3 Å². The average Bonchev–Trinajstić information content (AvgIpc) is 2.82. The van der Waals surface area contributed by atoms with Crippen molar-refractivity contribution in [3.63, 3.8) is 0 Å². The van der Waals surface area contributed by atoms with Crippen molar-refractivity contribution in [2.45, 2.75) is 45.1 Å². The number of halogens is 7. The highest BCUT2D eigenvalue weighted by molar-refractivity contribution is 5.80. The van der Waals surface area contributed by atoms with Crippen molar-refractivity contribution in [3.05, 3.63) is 70.0 Å². The van der Waals surface area contributed by atoms with E-state index in [9.17, 15) is 40.3 Å². The molecule has 2 aromatic carbocycles. The van der Waals surface area contributed by atoms with Gasteiger partial charge < -0.3 is 15.1 Å². The zero-order valence-corrected chi connectivity index (χ0v) is 21.7. The third-order valence-electron chi connectivity index (χ3n) is 6.89. The van der Waals surface area contributed by atoms with E-state index in [4.69, 9.17) is 0 Å². The molecule has 12 heteroatoms. The van der Waals surface area contributed by atoms with E-state index in [2.05, 4.69) is 10.2 Å². The number of benzene rings is 2. The van der Waals surface area contributed by atoms with Gasteiger partial charge in [0.05, 0.1) is 11.1 Å². The second-order valence-electron chi connectivity index (χ2n) is 9.89. The van der Waals surface area contributed by atoms with Crippen LogP contribution >= 0.6 is 0 Å².